The summed E-state index contributed by atoms with van der Waals surface area (Å²) in [6.45, 7) is 16.4. The third kappa shape index (κ3) is 6.03. The fourth-order valence-corrected chi connectivity index (χ4v) is 4.15. The molecule has 1 fully saturated rings. The van der Waals surface area contributed by atoms with Crippen LogP contribution < -0.4 is 4.90 Å². The molecule has 1 aliphatic heterocycles. The molecule has 0 N–H and O–H groups in total. The lowest BCUT2D eigenvalue weighted by atomic mass is 9.92. The van der Waals surface area contributed by atoms with Crippen LogP contribution in [0.25, 0.3) is 16.6 Å². The fourth-order valence-electron chi connectivity index (χ4n) is 4.15. The topological polar surface area (TPSA) is 89.8 Å². The Hall–Kier alpha value is -3.62. The first-order valence-corrected chi connectivity index (χ1v) is 12.8. The molecule has 1 saturated heterocycles. The fraction of sp³-hybridized carbons (Fsp3) is 0.500. The lowest BCUT2D eigenvalue weighted by Crippen LogP contribution is -2.50. The highest BCUT2D eigenvalue weighted by Gasteiger charge is 2.27. The molecular formula is C28H37N5O4. The zero-order valence-electron chi connectivity index (χ0n) is 22.9. The van der Waals surface area contributed by atoms with Crippen molar-refractivity contribution in [3.8, 4) is 5.69 Å². The van der Waals surface area contributed by atoms with Crippen molar-refractivity contribution in [1.82, 2.24) is 19.7 Å². The summed E-state index contributed by atoms with van der Waals surface area (Å²) in [5, 5.41) is 5.68. The van der Waals surface area contributed by atoms with Crippen molar-refractivity contribution < 1.29 is 19.1 Å². The Labute approximate surface area is 218 Å². The molecule has 2 aromatic heterocycles. The van der Waals surface area contributed by atoms with Crippen molar-refractivity contribution in [3.05, 3.63) is 47.8 Å². The Bertz CT molecular complexity index is 1290. The van der Waals surface area contributed by atoms with Crippen LogP contribution in [0.15, 0.2) is 36.4 Å². The first kappa shape index (κ1) is 26.4. The molecule has 0 saturated carbocycles. The molecule has 1 aliphatic rings. The molecule has 1 amide bonds. The standard InChI is InChI=1S/C28H37N5O4/c1-8-36-25(34)22-18-23(27(2,3)4)30-33(22)20-10-11-21-19(17-20)9-12-24(29-21)31-13-15-32(16-14-31)26(35)37-28(5,6)7/h9-12,17-18H,8,13-16H2,1-7H3. The Morgan fingerprint density at radius 1 is 0.946 bits per heavy atom. The zero-order chi connectivity index (χ0) is 27.0. The first-order chi connectivity index (χ1) is 17.4. The number of hydrogen-bond donors (Lipinski definition) is 0. The molecule has 37 heavy (non-hydrogen) atoms. The van der Waals surface area contributed by atoms with Gasteiger partial charge in [0.2, 0.25) is 0 Å². The minimum atomic E-state index is -0.505. The van der Waals surface area contributed by atoms with Crippen LogP contribution in [0.3, 0.4) is 0 Å². The summed E-state index contributed by atoms with van der Waals surface area (Å²) >= 11 is 0. The van der Waals surface area contributed by atoms with Gasteiger partial charge in [0.05, 0.1) is 23.5 Å². The maximum absolute atomic E-state index is 12.7. The first-order valence-electron chi connectivity index (χ1n) is 12.8. The summed E-state index contributed by atoms with van der Waals surface area (Å²) in [5.74, 6) is 0.468. The molecule has 0 spiro atoms. The Morgan fingerprint density at radius 2 is 1.65 bits per heavy atom. The van der Waals surface area contributed by atoms with E-state index in [9.17, 15) is 9.59 Å². The Balaban J connectivity index is 1.55. The summed E-state index contributed by atoms with van der Waals surface area (Å²) in [6, 6.07) is 11.7. The third-order valence-electron chi connectivity index (χ3n) is 6.12. The number of rotatable bonds is 4. The highest BCUT2D eigenvalue weighted by atomic mass is 16.6. The molecule has 1 aromatic carbocycles. The van der Waals surface area contributed by atoms with Gasteiger partial charge in [-0.3, -0.25) is 0 Å². The Morgan fingerprint density at radius 3 is 2.27 bits per heavy atom. The summed E-state index contributed by atoms with van der Waals surface area (Å²) in [4.78, 5) is 33.8. The number of esters is 1. The average Bonchev–Trinajstić information content (AvgIpc) is 3.29. The minimum Gasteiger partial charge on any atom is -0.461 e. The molecule has 0 aliphatic carbocycles. The normalized spacial score (nSPS) is 14.7. The van der Waals surface area contributed by atoms with Crippen LogP contribution in [0, 0.1) is 0 Å². The van der Waals surface area contributed by atoms with Gasteiger partial charge >= 0.3 is 12.1 Å². The van der Waals surface area contributed by atoms with Crippen LogP contribution in [0.4, 0.5) is 10.6 Å². The van der Waals surface area contributed by atoms with Gasteiger partial charge < -0.3 is 19.3 Å². The molecule has 3 heterocycles. The summed E-state index contributed by atoms with van der Waals surface area (Å²) < 4.78 is 12.4. The number of anilines is 1. The minimum absolute atomic E-state index is 0.215. The number of nitrogens with zero attached hydrogens (tertiary/aromatic N) is 5. The van der Waals surface area contributed by atoms with Crippen molar-refractivity contribution >= 4 is 28.8 Å². The summed E-state index contributed by atoms with van der Waals surface area (Å²) in [6.07, 6.45) is -0.276. The molecule has 9 heteroatoms. The van der Waals surface area contributed by atoms with Gasteiger partial charge in [0.1, 0.15) is 11.4 Å². The molecular weight excluding hydrogens is 470 g/mol. The van der Waals surface area contributed by atoms with Crippen LogP contribution in [0.5, 0.6) is 0 Å². The number of pyridine rings is 1. The molecule has 3 aromatic rings. The van der Waals surface area contributed by atoms with Crippen LogP contribution in [-0.4, -0.2) is 70.1 Å². The lowest BCUT2D eigenvalue weighted by molar-refractivity contribution is 0.0240. The number of fused-ring (bicyclic) bond motifs is 1. The van der Waals surface area contributed by atoms with Crippen LogP contribution in [0.2, 0.25) is 0 Å². The number of carbonyl (C=O) groups is 2. The summed E-state index contributed by atoms with van der Waals surface area (Å²) in [7, 11) is 0. The maximum atomic E-state index is 12.7. The van der Waals surface area contributed by atoms with Gasteiger partial charge in [-0.2, -0.15) is 5.10 Å². The number of hydrogen-bond acceptors (Lipinski definition) is 7. The average molecular weight is 508 g/mol. The number of piperazine rings is 1. The molecule has 4 rings (SSSR count). The molecule has 0 bridgehead atoms. The number of benzene rings is 1. The van der Waals surface area contributed by atoms with E-state index in [2.05, 4.69) is 25.7 Å². The Kier molecular flexibility index (Phi) is 7.17. The third-order valence-corrected chi connectivity index (χ3v) is 6.12. The van der Waals surface area contributed by atoms with Gasteiger partial charge in [-0.1, -0.05) is 20.8 Å². The largest absolute Gasteiger partial charge is 0.461 e. The second-order valence-electron chi connectivity index (χ2n) is 11.3. The van der Waals surface area contributed by atoms with E-state index in [4.69, 9.17) is 19.6 Å². The van der Waals surface area contributed by atoms with Crippen LogP contribution in [-0.2, 0) is 14.9 Å². The molecule has 0 unspecified atom stereocenters. The van der Waals surface area contributed by atoms with Gasteiger partial charge in [-0.15, -0.1) is 0 Å². The lowest BCUT2D eigenvalue weighted by Gasteiger charge is -2.36. The number of aromatic nitrogens is 3. The monoisotopic (exact) mass is 507 g/mol. The van der Waals surface area contributed by atoms with Crippen molar-refractivity contribution in [2.45, 2.75) is 59.5 Å². The van der Waals surface area contributed by atoms with E-state index in [0.29, 0.717) is 38.5 Å². The molecule has 198 valence electrons. The van der Waals surface area contributed by atoms with Gasteiger partial charge in [0.15, 0.2) is 5.69 Å². The van der Waals surface area contributed by atoms with Crippen LogP contribution in [0.1, 0.15) is 64.6 Å². The number of ether oxygens (including phenoxy) is 2. The molecule has 0 radical (unpaired) electrons. The SMILES string of the molecule is CCOC(=O)c1cc(C(C)(C)C)nn1-c1ccc2nc(N3CCN(C(=O)OC(C)(C)C)CC3)ccc2c1. The van der Waals surface area contributed by atoms with E-state index in [1.54, 1.807) is 22.6 Å². The van der Waals surface area contributed by atoms with Crippen molar-refractivity contribution in [2.75, 3.05) is 37.7 Å². The van der Waals surface area contributed by atoms with E-state index < -0.39 is 11.6 Å². The van der Waals surface area contributed by atoms with Crippen molar-refractivity contribution in [3.63, 3.8) is 0 Å². The highest BCUT2D eigenvalue weighted by Crippen LogP contribution is 2.27. The number of amides is 1. The van der Waals surface area contributed by atoms with Crippen LogP contribution >= 0.6 is 0 Å². The van der Waals surface area contributed by atoms with Crippen molar-refractivity contribution in [1.29, 1.82) is 0 Å². The highest BCUT2D eigenvalue weighted by molar-refractivity contribution is 5.89. The van der Waals surface area contributed by atoms with Gasteiger partial charge in [-0.25, -0.2) is 19.3 Å². The van der Waals surface area contributed by atoms with Gasteiger partial charge in [-0.05, 0) is 64.1 Å². The quantitative estimate of drug-likeness (QED) is 0.462. The van der Waals surface area contributed by atoms with E-state index in [1.165, 1.54) is 0 Å². The van der Waals surface area contributed by atoms with E-state index in [0.717, 1.165) is 28.1 Å². The van der Waals surface area contributed by atoms with E-state index in [-0.39, 0.29) is 11.5 Å². The van der Waals surface area contributed by atoms with Gasteiger partial charge in [0, 0.05) is 37.0 Å². The molecule has 0 atom stereocenters. The zero-order valence-corrected chi connectivity index (χ0v) is 22.9. The predicted octanol–water partition coefficient (Wildman–Crippen LogP) is 4.95. The maximum Gasteiger partial charge on any atom is 0.410 e. The second-order valence-corrected chi connectivity index (χ2v) is 11.3. The predicted molar refractivity (Wildman–Crippen MR) is 144 cm³/mol. The van der Waals surface area contributed by atoms with E-state index >= 15 is 0 Å². The van der Waals surface area contributed by atoms with E-state index in [1.807, 2.05) is 51.1 Å². The summed E-state index contributed by atoms with van der Waals surface area (Å²) in [5.41, 5.74) is 2.11. The molecule has 9 nitrogen and oxygen atoms in total. The number of carbonyl (C=O) groups excluding carboxylic acids is 2. The van der Waals surface area contributed by atoms with Gasteiger partial charge in [0.25, 0.3) is 0 Å². The second kappa shape index (κ2) is 10.0. The van der Waals surface area contributed by atoms with Crippen molar-refractivity contribution in [2.24, 2.45) is 0 Å². The smallest absolute Gasteiger partial charge is 0.410 e.